The molecule has 0 aliphatic carbocycles. The number of rotatable bonds is 4. The van der Waals surface area contributed by atoms with Crippen LogP contribution >= 0.6 is 0 Å². The number of anilines is 1. The van der Waals surface area contributed by atoms with E-state index in [1.54, 1.807) is 0 Å². The predicted molar refractivity (Wildman–Crippen MR) is 77.4 cm³/mol. The fourth-order valence-corrected chi connectivity index (χ4v) is 1.94. The first-order valence-corrected chi connectivity index (χ1v) is 6.59. The molecule has 2 aromatic rings. The van der Waals surface area contributed by atoms with Crippen molar-refractivity contribution in [3.05, 3.63) is 59.4 Å². The van der Waals surface area contributed by atoms with E-state index in [0.717, 1.165) is 29.9 Å². The number of pyridine rings is 1. The third-order valence-corrected chi connectivity index (χ3v) is 3.01. The Morgan fingerprint density at radius 1 is 1.05 bits per heavy atom. The average Bonchev–Trinajstić information content (AvgIpc) is 2.47. The number of hydrogen-bond acceptors (Lipinski definition) is 2. The standard InChI is InChI=1S/C16H18N2O/c1-3-12-10-11-14(15(4-2)17-12)16(19)18-13-8-6-5-7-9-13/h5-11H,3-4H2,1-2H3,(H,18,19). The summed E-state index contributed by atoms with van der Waals surface area (Å²) in [6, 6.07) is 13.2. The summed E-state index contributed by atoms with van der Waals surface area (Å²) in [5.41, 5.74) is 3.33. The summed E-state index contributed by atoms with van der Waals surface area (Å²) in [4.78, 5) is 16.8. The maximum Gasteiger partial charge on any atom is 0.257 e. The second-order valence-corrected chi connectivity index (χ2v) is 4.32. The molecule has 0 spiro atoms. The SMILES string of the molecule is CCc1ccc(C(=O)Nc2ccccc2)c(CC)n1. The molecule has 0 aliphatic rings. The van der Waals surface area contributed by atoms with Crippen LogP contribution in [0.3, 0.4) is 0 Å². The van der Waals surface area contributed by atoms with Gasteiger partial charge in [0, 0.05) is 11.4 Å². The van der Waals surface area contributed by atoms with Crippen LogP contribution in [0.1, 0.15) is 35.6 Å². The molecule has 1 aromatic heterocycles. The lowest BCUT2D eigenvalue weighted by Gasteiger charge is -2.09. The third-order valence-electron chi connectivity index (χ3n) is 3.01. The van der Waals surface area contributed by atoms with E-state index in [9.17, 15) is 4.79 Å². The molecule has 0 fully saturated rings. The normalized spacial score (nSPS) is 10.2. The van der Waals surface area contributed by atoms with E-state index >= 15 is 0 Å². The maximum absolute atomic E-state index is 12.2. The third kappa shape index (κ3) is 3.19. The van der Waals surface area contributed by atoms with E-state index in [4.69, 9.17) is 0 Å². The summed E-state index contributed by atoms with van der Waals surface area (Å²) >= 11 is 0. The fourth-order valence-electron chi connectivity index (χ4n) is 1.94. The van der Waals surface area contributed by atoms with Crippen molar-refractivity contribution in [2.24, 2.45) is 0 Å². The zero-order chi connectivity index (χ0) is 13.7. The van der Waals surface area contributed by atoms with Crippen molar-refractivity contribution in [3.63, 3.8) is 0 Å². The predicted octanol–water partition coefficient (Wildman–Crippen LogP) is 3.46. The highest BCUT2D eigenvalue weighted by atomic mass is 16.1. The molecule has 0 radical (unpaired) electrons. The molecule has 3 heteroatoms. The Bertz CT molecular complexity index is 564. The van der Waals surface area contributed by atoms with Gasteiger partial charge in [-0.1, -0.05) is 32.0 Å². The number of amides is 1. The van der Waals surface area contributed by atoms with Gasteiger partial charge in [-0.15, -0.1) is 0 Å². The van der Waals surface area contributed by atoms with Gasteiger partial charge in [0.15, 0.2) is 0 Å². The van der Waals surface area contributed by atoms with Crippen molar-refractivity contribution in [2.45, 2.75) is 26.7 Å². The minimum atomic E-state index is -0.0989. The van der Waals surface area contributed by atoms with E-state index in [0.29, 0.717) is 5.56 Å². The zero-order valence-electron chi connectivity index (χ0n) is 11.3. The molecule has 0 aliphatic heterocycles. The van der Waals surface area contributed by atoms with Gasteiger partial charge in [0.1, 0.15) is 0 Å². The molecule has 1 amide bonds. The van der Waals surface area contributed by atoms with Crippen LogP contribution in [-0.2, 0) is 12.8 Å². The number of aryl methyl sites for hydroxylation is 2. The van der Waals surface area contributed by atoms with Crippen molar-refractivity contribution in [1.29, 1.82) is 0 Å². The van der Waals surface area contributed by atoms with Crippen LogP contribution < -0.4 is 5.32 Å². The Morgan fingerprint density at radius 3 is 2.42 bits per heavy atom. The number of benzene rings is 1. The van der Waals surface area contributed by atoms with Gasteiger partial charge in [0.25, 0.3) is 5.91 Å². The smallest absolute Gasteiger partial charge is 0.257 e. The average molecular weight is 254 g/mol. The molecular formula is C16H18N2O. The molecule has 0 saturated carbocycles. The van der Waals surface area contributed by atoms with Crippen LogP contribution in [-0.4, -0.2) is 10.9 Å². The second kappa shape index (κ2) is 6.14. The van der Waals surface area contributed by atoms with Crippen molar-refractivity contribution >= 4 is 11.6 Å². The molecule has 19 heavy (non-hydrogen) atoms. The summed E-state index contributed by atoms with van der Waals surface area (Å²) in [6.45, 7) is 4.08. The quantitative estimate of drug-likeness (QED) is 0.907. The Balaban J connectivity index is 2.24. The number of carbonyl (C=O) groups excluding carboxylic acids is 1. The number of hydrogen-bond donors (Lipinski definition) is 1. The molecule has 0 saturated heterocycles. The monoisotopic (exact) mass is 254 g/mol. The zero-order valence-corrected chi connectivity index (χ0v) is 11.3. The highest BCUT2D eigenvalue weighted by Crippen LogP contribution is 2.13. The summed E-state index contributed by atoms with van der Waals surface area (Å²) in [5.74, 6) is -0.0989. The molecule has 0 atom stereocenters. The first-order valence-electron chi connectivity index (χ1n) is 6.59. The Hall–Kier alpha value is -2.16. The van der Waals surface area contributed by atoms with Crippen molar-refractivity contribution in [1.82, 2.24) is 4.98 Å². The van der Waals surface area contributed by atoms with Crippen molar-refractivity contribution in [3.8, 4) is 0 Å². The highest BCUT2D eigenvalue weighted by Gasteiger charge is 2.12. The second-order valence-electron chi connectivity index (χ2n) is 4.32. The number of nitrogens with one attached hydrogen (secondary N) is 1. The van der Waals surface area contributed by atoms with Gasteiger partial charge in [-0.2, -0.15) is 0 Å². The van der Waals surface area contributed by atoms with Crippen LogP contribution in [0, 0.1) is 0 Å². The van der Waals surface area contributed by atoms with E-state index in [1.807, 2.05) is 49.4 Å². The summed E-state index contributed by atoms with van der Waals surface area (Å²) in [7, 11) is 0. The Morgan fingerprint density at radius 2 is 1.79 bits per heavy atom. The lowest BCUT2D eigenvalue weighted by molar-refractivity contribution is 0.102. The molecule has 98 valence electrons. The lowest BCUT2D eigenvalue weighted by Crippen LogP contribution is -2.15. The van der Waals surface area contributed by atoms with Gasteiger partial charge in [0.05, 0.1) is 11.3 Å². The summed E-state index contributed by atoms with van der Waals surface area (Å²) < 4.78 is 0. The van der Waals surface area contributed by atoms with Gasteiger partial charge in [-0.3, -0.25) is 9.78 Å². The van der Waals surface area contributed by atoms with E-state index in [-0.39, 0.29) is 5.91 Å². The molecule has 0 bridgehead atoms. The van der Waals surface area contributed by atoms with E-state index in [1.165, 1.54) is 0 Å². The molecule has 3 nitrogen and oxygen atoms in total. The maximum atomic E-state index is 12.2. The van der Waals surface area contributed by atoms with Gasteiger partial charge >= 0.3 is 0 Å². The molecule has 1 N–H and O–H groups in total. The molecule has 1 heterocycles. The molecule has 1 aromatic carbocycles. The molecule has 0 unspecified atom stereocenters. The molecule has 2 rings (SSSR count). The van der Waals surface area contributed by atoms with Crippen LogP contribution in [0.25, 0.3) is 0 Å². The fraction of sp³-hybridized carbons (Fsp3) is 0.250. The Kier molecular flexibility index (Phi) is 4.29. The molecular weight excluding hydrogens is 236 g/mol. The summed E-state index contributed by atoms with van der Waals surface area (Å²) in [5, 5.41) is 2.89. The van der Waals surface area contributed by atoms with Gasteiger partial charge in [0.2, 0.25) is 0 Å². The van der Waals surface area contributed by atoms with E-state index < -0.39 is 0 Å². The van der Waals surface area contributed by atoms with Gasteiger partial charge in [-0.25, -0.2) is 0 Å². The number of aromatic nitrogens is 1. The lowest BCUT2D eigenvalue weighted by atomic mass is 10.1. The number of nitrogens with zero attached hydrogens (tertiary/aromatic N) is 1. The topological polar surface area (TPSA) is 42.0 Å². The van der Waals surface area contributed by atoms with Crippen LogP contribution in [0.5, 0.6) is 0 Å². The first kappa shape index (κ1) is 13.3. The minimum absolute atomic E-state index is 0.0989. The van der Waals surface area contributed by atoms with Gasteiger partial charge < -0.3 is 5.32 Å². The van der Waals surface area contributed by atoms with Gasteiger partial charge in [-0.05, 0) is 37.1 Å². The minimum Gasteiger partial charge on any atom is -0.322 e. The number of carbonyl (C=O) groups is 1. The largest absolute Gasteiger partial charge is 0.322 e. The van der Waals surface area contributed by atoms with Crippen LogP contribution in [0.15, 0.2) is 42.5 Å². The van der Waals surface area contributed by atoms with Crippen molar-refractivity contribution < 1.29 is 4.79 Å². The van der Waals surface area contributed by atoms with Crippen LogP contribution in [0.2, 0.25) is 0 Å². The van der Waals surface area contributed by atoms with Crippen molar-refractivity contribution in [2.75, 3.05) is 5.32 Å². The summed E-state index contributed by atoms with van der Waals surface area (Å²) in [6.07, 6.45) is 1.64. The van der Waals surface area contributed by atoms with E-state index in [2.05, 4.69) is 17.2 Å². The number of para-hydroxylation sites is 1. The van der Waals surface area contributed by atoms with Crippen LogP contribution in [0.4, 0.5) is 5.69 Å². The highest BCUT2D eigenvalue weighted by molar-refractivity contribution is 6.05. The Labute approximate surface area is 113 Å². The first-order chi connectivity index (χ1) is 9.24.